The molecule has 32 heavy (non-hydrogen) atoms. The van der Waals surface area contributed by atoms with Gasteiger partial charge in [0, 0.05) is 22.7 Å². The highest BCUT2D eigenvalue weighted by Crippen LogP contribution is 2.27. The Kier molecular flexibility index (Phi) is 6.74. The monoisotopic (exact) mass is 424 g/mol. The first-order valence-electron chi connectivity index (χ1n) is 10.6. The highest BCUT2D eigenvalue weighted by molar-refractivity contribution is 5.71. The first-order chi connectivity index (χ1) is 15.2. The van der Waals surface area contributed by atoms with Gasteiger partial charge in [-0.15, -0.1) is 0 Å². The Labute approximate surface area is 190 Å². The highest BCUT2D eigenvalue weighted by atomic mass is 14.6. The lowest BCUT2D eigenvalue weighted by Crippen LogP contribution is -1.91. The van der Waals surface area contributed by atoms with Gasteiger partial charge in [-0.2, -0.15) is 0 Å². The summed E-state index contributed by atoms with van der Waals surface area (Å²) in [6.45, 7) is 8.07. The van der Waals surface area contributed by atoms with Gasteiger partial charge in [0.15, 0.2) is 0 Å². The average molecular weight is 425 g/mol. The SMILES string of the molecule is Cc1cc(-c2ccc(N)c(C)c2)ccc1N.Cc1cc(-c2ccc(N)c(C)c2)ccc1N. The summed E-state index contributed by atoms with van der Waals surface area (Å²) in [5, 5.41) is 0. The van der Waals surface area contributed by atoms with Gasteiger partial charge < -0.3 is 22.9 Å². The van der Waals surface area contributed by atoms with E-state index in [4.69, 9.17) is 22.9 Å². The summed E-state index contributed by atoms with van der Waals surface area (Å²) in [5.74, 6) is 0. The number of benzene rings is 4. The van der Waals surface area contributed by atoms with Gasteiger partial charge in [0.25, 0.3) is 0 Å². The molecule has 164 valence electrons. The normalized spacial score (nSPS) is 10.4. The second kappa shape index (κ2) is 9.48. The quantitative estimate of drug-likeness (QED) is 0.285. The number of rotatable bonds is 2. The van der Waals surface area contributed by atoms with E-state index in [0.29, 0.717) is 0 Å². The van der Waals surface area contributed by atoms with E-state index in [1.165, 1.54) is 22.3 Å². The van der Waals surface area contributed by atoms with Gasteiger partial charge in [0.2, 0.25) is 0 Å². The maximum atomic E-state index is 5.80. The maximum Gasteiger partial charge on any atom is 0.0344 e. The number of aryl methyl sites for hydroxylation is 4. The summed E-state index contributed by atoms with van der Waals surface area (Å²) >= 11 is 0. The summed E-state index contributed by atoms with van der Waals surface area (Å²) in [4.78, 5) is 0. The molecule has 8 N–H and O–H groups in total. The number of anilines is 4. The summed E-state index contributed by atoms with van der Waals surface area (Å²) in [7, 11) is 0. The fraction of sp³-hybridized carbons (Fsp3) is 0.143. The van der Waals surface area contributed by atoms with Gasteiger partial charge in [0.05, 0.1) is 0 Å². The van der Waals surface area contributed by atoms with Crippen LogP contribution in [-0.2, 0) is 0 Å². The van der Waals surface area contributed by atoms with E-state index < -0.39 is 0 Å². The largest absolute Gasteiger partial charge is 0.399 e. The van der Waals surface area contributed by atoms with E-state index in [1.54, 1.807) is 0 Å². The van der Waals surface area contributed by atoms with Crippen LogP contribution in [0.1, 0.15) is 22.3 Å². The van der Waals surface area contributed by atoms with Crippen molar-refractivity contribution in [2.75, 3.05) is 22.9 Å². The van der Waals surface area contributed by atoms with E-state index in [-0.39, 0.29) is 0 Å². The first kappa shape index (κ1) is 22.8. The second-order valence-corrected chi connectivity index (χ2v) is 8.29. The molecular weight excluding hydrogens is 392 g/mol. The molecule has 0 aromatic heterocycles. The fourth-order valence-electron chi connectivity index (χ4n) is 3.42. The number of nitrogen functional groups attached to an aromatic ring is 4. The van der Waals surface area contributed by atoms with Gasteiger partial charge in [0.1, 0.15) is 0 Å². The van der Waals surface area contributed by atoms with E-state index in [1.807, 2.05) is 76.2 Å². The van der Waals surface area contributed by atoms with Crippen molar-refractivity contribution < 1.29 is 0 Å². The summed E-state index contributed by atoms with van der Waals surface area (Å²) in [6.07, 6.45) is 0. The van der Waals surface area contributed by atoms with Crippen LogP contribution in [-0.4, -0.2) is 0 Å². The Morgan fingerprint density at radius 1 is 0.344 bits per heavy atom. The molecule has 0 saturated carbocycles. The van der Waals surface area contributed by atoms with E-state index in [0.717, 1.165) is 45.0 Å². The topological polar surface area (TPSA) is 104 Å². The molecule has 0 radical (unpaired) electrons. The van der Waals surface area contributed by atoms with Gasteiger partial charge in [-0.05, 0) is 121 Å². The average Bonchev–Trinajstić information content (AvgIpc) is 2.76. The van der Waals surface area contributed by atoms with E-state index >= 15 is 0 Å². The zero-order chi connectivity index (χ0) is 23.4. The molecule has 0 amide bonds. The number of hydrogen-bond donors (Lipinski definition) is 4. The molecule has 4 rings (SSSR count). The molecule has 0 fully saturated rings. The van der Waals surface area contributed by atoms with Crippen LogP contribution < -0.4 is 22.9 Å². The smallest absolute Gasteiger partial charge is 0.0344 e. The van der Waals surface area contributed by atoms with Crippen molar-refractivity contribution in [2.24, 2.45) is 0 Å². The molecule has 4 heteroatoms. The Morgan fingerprint density at radius 2 is 0.531 bits per heavy atom. The molecule has 0 saturated heterocycles. The molecule has 0 aliphatic carbocycles. The van der Waals surface area contributed by atoms with Crippen LogP contribution in [0.5, 0.6) is 0 Å². The lowest BCUT2D eigenvalue weighted by Gasteiger charge is -2.07. The van der Waals surface area contributed by atoms with Gasteiger partial charge in [-0.25, -0.2) is 0 Å². The van der Waals surface area contributed by atoms with Crippen molar-refractivity contribution in [3.8, 4) is 22.3 Å². The van der Waals surface area contributed by atoms with Crippen molar-refractivity contribution in [1.29, 1.82) is 0 Å². The number of nitrogens with two attached hydrogens (primary N) is 4. The van der Waals surface area contributed by atoms with Crippen LogP contribution in [0.15, 0.2) is 72.8 Å². The van der Waals surface area contributed by atoms with Crippen molar-refractivity contribution in [2.45, 2.75) is 27.7 Å². The second-order valence-electron chi connectivity index (χ2n) is 8.29. The molecule has 0 atom stereocenters. The Hall–Kier alpha value is -3.92. The van der Waals surface area contributed by atoms with Gasteiger partial charge in [-0.1, -0.05) is 24.3 Å². The third-order valence-electron chi connectivity index (χ3n) is 5.75. The molecule has 0 aliphatic heterocycles. The Bertz CT molecular complexity index is 1060. The minimum atomic E-state index is 0.830. The lowest BCUT2D eigenvalue weighted by molar-refractivity contribution is 1.44. The minimum Gasteiger partial charge on any atom is -0.399 e. The molecule has 0 bridgehead atoms. The fourth-order valence-corrected chi connectivity index (χ4v) is 3.42. The molecule has 0 spiro atoms. The minimum absolute atomic E-state index is 0.830. The third kappa shape index (κ3) is 5.22. The lowest BCUT2D eigenvalue weighted by atomic mass is 10.0. The van der Waals surface area contributed by atoms with E-state index in [9.17, 15) is 0 Å². The van der Waals surface area contributed by atoms with Crippen molar-refractivity contribution in [3.63, 3.8) is 0 Å². The standard InChI is InChI=1S/2C14H16N2/c2*1-9-7-11(3-5-13(9)15)12-4-6-14(16)10(2)8-12/h2*3-8H,15-16H2,1-2H3. The van der Waals surface area contributed by atoms with Gasteiger partial charge >= 0.3 is 0 Å². The Morgan fingerprint density at radius 3 is 0.688 bits per heavy atom. The summed E-state index contributed by atoms with van der Waals surface area (Å²) in [6, 6.07) is 24.3. The zero-order valence-electron chi connectivity index (χ0n) is 19.2. The molecule has 0 heterocycles. The number of hydrogen-bond acceptors (Lipinski definition) is 4. The van der Waals surface area contributed by atoms with Crippen LogP contribution >= 0.6 is 0 Å². The maximum absolute atomic E-state index is 5.80. The van der Waals surface area contributed by atoms with Crippen molar-refractivity contribution in [3.05, 3.63) is 95.1 Å². The predicted molar refractivity (Wildman–Crippen MR) is 140 cm³/mol. The van der Waals surface area contributed by atoms with Crippen LogP contribution in [0.3, 0.4) is 0 Å². The molecule has 4 aromatic rings. The van der Waals surface area contributed by atoms with Crippen LogP contribution in [0.2, 0.25) is 0 Å². The summed E-state index contributed by atoms with van der Waals surface area (Å²) < 4.78 is 0. The van der Waals surface area contributed by atoms with Crippen LogP contribution in [0, 0.1) is 27.7 Å². The van der Waals surface area contributed by atoms with Crippen LogP contribution in [0.4, 0.5) is 22.7 Å². The molecule has 4 aromatic carbocycles. The molecular formula is C28H32N4. The highest BCUT2D eigenvalue weighted by Gasteiger charge is 2.03. The Balaban J connectivity index is 0.000000181. The molecule has 4 nitrogen and oxygen atoms in total. The van der Waals surface area contributed by atoms with Gasteiger partial charge in [-0.3, -0.25) is 0 Å². The van der Waals surface area contributed by atoms with Crippen molar-refractivity contribution >= 4 is 22.7 Å². The van der Waals surface area contributed by atoms with E-state index in [2.05, 4.69) is 24.3 Å². The van der Waals surface area contributed by atoms with Crippen LogP contribution in [0.25, 0.3) is 22.3 Å². The van der Waals surface area contributed by atoms with Crippen molar-refractivity contribution in [1.82, 2.24) is 0 Å². The molecule has 0 unspecified atom stereocenters. The zero-order valence-corrected chi connectivity index (χ0v) is 19.2. The first-order valence-corrected chi connectivity index (χ1v) is 10.6. The summed E-state index contributed by atoms with van der Waals surface area (Å²) in [5.41, 5.74) is 35.6. The third-order valence-corrected chi connectivity index (χ3v) is 5.75. The molecule has 0 aliphatic rings. The predicted octanol–water partition coefficient (Wildman–Crippen LogP) is 6.27.